The van der Waals surface area contributed by atoms with Crippen LogP contribution in [0.5, 0.6) is 5.75 Å². The molecule has 7 nitrogen and oxygen atoms in total. The second-order valence-corrected chi connectivity index (χ2v) is 5.57. The van der Waals surface area contributed by atoms with E-state index in [0.29, 0.717) is 22.2 Å². The van der Waals surface area contributed by atoms with Crippen molar-refractivity contribution in [3.63, 3.8) is 0 Å². The summed E-state index contributed by atoms with van der Waals surface area (Å²) in [7, 11) is 3.21. The molecule has 1 heterocycles. The average Bonchev–Trinajstić information content (AvgIpc) is 2.78. The summed E-state index contributed by atoms with van der Waals surface area (Å²) in [6.45, 7) is 3.19. The van der Waals surface area contributed by atoms with Gasteiger partial charge >= 0.3 is 5.97 Å². The van der Waals surface area contributed by atoms with Gasteiger partial charge < -0.3 is 14.8 Å². The van der Waals surface area contributed by atoms with Crippen LogP contribution in [-0.4, -0.2) is 35.4 Å². The Hall–Kier alpha value is -2.54. The molecule has 0 aliphatic heterocycles. The zero-order valence-electron chi connectivity index (χ0n) is 13.8. The Labute approximate surface area is 144 Å². The molecule has 0 aliphatic carbocycles. The van der Waals surface area contributed by atoms with Gasteiger partial charge in [-0.15, -0.1) is 0 Å². The summed E-state index contributed by atoms with van der Waals surface area (Å²) in [4.78, 5) is 24.1. The van der Waals surface area contributed by atoms with Crippen molar-refractivity contribution >= 4 is 29.2 Å². The van der Waals surface area contributed by atoms with Crippen LogP contribution in [0.3, 0.4) is 0 Å². The number of methoxy groups -OCH3 is 1. The molecule has 0 spiro atoms. The highest BCUT2D eigenvalue weighted by Gasteiger charge is 2.17. The second-order valence-electron chi connectivity index (χ2n) is 5.14. The van der Waals surface area contributed by atoms with E-state index in [1.54, 1.807) is 30.8 Å². The topological polar surface area (TPSA) is 82.4 Å². The zero-order valence-corrected chi connectivity index (χ0v) is 14.6. The molecule has 0 saturated carbocycles. The second kappa shape index (κ2) is 7.35. The van der Waals surface area contributed by atoms with Gasteiger partial charge in [0, 0.05) is 12.1 Å². The molecule has 0 saturated heterocycles. The Morgan fingerprint density at radius 2 is 2.04 bits per heavy atom. The fraction of sp³-hybridized carbons (Fsp3) is 0.312. The first-order valence-electron chi connectivity index (χ1n) is 7.14. The maximum atomic E-state index is 12.1. The van der Waals surface area contributed by atoms with E-state index in [1.807, 2.05) is 6.92 Å². The van der Waals surface area contributed by atoms with Gasteiger partial charge in [0.2, 0.25) is 0 Å². The molecular weight excluding hydrogens is 334 g/mol. The molecule has 1 aromatic carbocycles. The Balaban J connectivity index is 2.01. The van der Waals surface area contributed by atoms with Crippen molar-refractivity contribution in [1.29, 1.82) is 0 Å². The zero-order chi connectivity index (χ0) is 17.9. The summed E-state index contributed by atoms with van der Waals surface area (Å²) < 4.78 is 11.8. The minimum absolute atomic E-state index is 0.159. The van der Waals surface area contributed by atoms with Gasteiger partial charge in [0.25, 0.3) is 5.91 Å². The molecule has 128 valence electrons. The lowest BCUT2D eigenvalue weighted by Gasteiger charge is -2.10. The van der Waals surface area contributed by atoms with Crippen molar-refractivity contribution in [2.24, 2.45) is 7.05 Å². The van der Waals surface area contributed by atoms with Crippen LogP contribution >= 0.6 is 11.6 Å². The Morgan fingerprint density at radius 1 is 1.33 bits per heavy atom. The van der Waals surface area contributed by atoms with E-state index in [9.17, 15) is 9.59 Å². The first kappa shape index (κ1) is 17.8. The summed E-state index contributed by atoms with van der Waals surface area (Å²) >= 11 is 5.87. The predicted molar refractivity (Wildman–Crippen MR) is 89.6 cm³/mol. The highest BCUT2D eigenvalue weighted by atomic mass is 35.5. The largest absolute Gasteiger partial charge is 0.496 e. The van der Waals surface area contributed by atoms with Crippen LogP contribution in [-0.2, 0) is 16.6 Å². The number of hydrogen-bond acceptors (Lipinski definition) is 5. The van der Waals surface area contributed by atoms with Crippen LogP contribution in [0.2, 0.25) is 5.02 Å². The van der Waals surface area contributed by atoms with E-state index in [4.69, 9.17) is 21.1 Å². The standard InChI is InChI=1S/C16H18ClN3O4/c1-9-15(10(2)20(3)19-9)18-14(21)8-24-16(22)12-7-11(17)5-6-13(12)23-4/h5-7H,8H2,1-4H3,(H,18,21). The van der Waals surface area contributed by atoms with Crippen molar-refractivity contribution in [3.05, 3.63) is 40.2 Å². The molecule has 8 heteroatoms. The number of amides is 1. The van der Waals surface area contributed by atoms with E-state index in [0.717, 1.165) is 5.69 Å². The third-order valence-corrected chi connectivity index (χ3v) is 3.72. The highest BCUT2D eigenvalue weighted by molar-refractivity contribution is 6.31. The molecule has 1 N–H and O–H groups in total. The molecule has 0 fully saturated rings. The maximum Gasteiger partial charge on any atom is 0.342 e. The van der Waals surface area contributed by atoms with Gasteiger partial charge in [-0.05, 0) is 32.0 Å². The minimum Gasteiger partial charge on any atom is -0.496 e. The molecule has 2 rings (SSSR count). The fourth-order valence-corrected chi connectivity index (χ4v) is 2.35. The molecule has 1 aromatic heterocycles. The van der Waals surface area contributed by atoms with Gasteiger partial charge in [0.05, 0.1) is 24.2 Å². The Bertz CT molecular complexity index is 786. The van der Waals surface area contributed by atoms with E-state index in [-0.39, 0.29) is 5.56 Å². The SMILES string of the molecule is COc1ccc(Cl)cc1C(=O)OCC(=O)Nc1c(C)nn(C)c1C. The molecule has 24 heavy (non-hydrogen) atoms. The van der Waals surface area contributed by atoms with Crippen molar-refractivity contribution in [1.82, 2.24) is 9.78 Å². The Kier molecular flexibility index (Phi) is 5.46. The lowest BCUT2D eigenvalue weighted by atomic mass is 10.2. The van der Waals surface area contributed by atoms with Crippen molar-refractivity contribution in [3.8, 4) is 5.75 Å². The van der Waals surface area contributed by atoms with Gasteiger partial charge in [-0.25, -0.2) is 4.79 Å². The molecule has 0 aliphatic rings. The number of anilines is 1. The number of halogens is 1. The lowest BCUT2D eigenvalue weighted by Crippen LogP contribution is -2.21. The molecule has 1 amide bonds. The number of aromatic nitrogens is 2. The van der Waals surface area contributed by atoms with Crippen LogP contribution in [0.4, 0.5) is 5.69 Å². The van der Waals surface area contributed by atoms with Crippen molar-refractivity contribution in [2.75, 3.05) is 19.0 Å². The maximum absolute atomic E-state index is 12.1. The number of esters is 1. The molecule has 0 atom stereocenters. The fourth-order valence-electron chi connectivity index (χ4n) is 2.18. The van der Waals surface area contributed by atoms with Crippen LogP contribution in [0.25, 0.3) is 0 Å². The third-order valence-electron chi connectivity index (χ3n) is 3.49. The summed E-state index contributed by atoms with van der Waals surface area (Å²) in [6.07, 6.45) is 0. The number of carbonyl (C=O) groups excluding carboxylic acids is 2. The molecular formula is C16H18ClN3O4. The van der Waals surface area contributed by atoms with Gasteiger partial charge in [-0.2, -0.15) is 5.10 Å². The van der Waals surface area contributed by atoms with Crippen molar-refractivity contribution in [2.45, 2.75) is 13.8 Å². The molecule has 0 bridgehead atoms. The number of nitrogens with zero attached hydrogens (tertiary/aromatic N) is 2. The van der Waals surface area contributed by atoms with Crippen LogP contribution < -0.4 is 10.1 Å². The van der Waals surface area contributed by atoms with E-state index in [2.05, 4.69) is 10.4 Å². The van der Waals surface area contributed by atoms with Crippen LogP contribution in [0, 0.1) is 13.8 Å². The van der Waals surface area contributed by atoms with E-state index in [1.165, 1.54) is 13.2 Å². The lowest BCUT2D eigenvalue weighted by molar-refractivity contribution is -0.119. The summed E-state index contributed by atoms with van der Waals surface area (Å²) in [5, 5.41) is 7.26. The Morgan fingerprint density at radius 3 is 2.62 bits per heavy atom. The number of benzene rings is 1. The van der Waals surface area contributed by atoms with E-state index >= 15 is 0 Å². The summed E-state index contributed by atoms with van der Waals surface area (Å²) in [5.74, 6) is -0.823. The number of rotatable bonds is 5. The number of carbonyl (C=O) groups is 2. The van der Waals surface area contributed by atoms with Crippen LogP contribution in [0.15, 0.2) is 18.2 Å². The third kappa shape index (κ3) is 3.86. The number of nitrogens with one attached hydrogen (secondary N) is 1. The highest BCUT2D eigenvalue weighted by Crippen LogP contribution is 2.23. The smallest absolute Gasteiger partial charge is 0.342 e. The van der Waals surface area contributed by atoms with Gasteiger partial charge in [0.1, 0.15) is 11.3 Å². The quantitative estimate of drug-likeness (QED) is 0.837. The monoisotopic (exact) mass is 351 g/mol. The summed E-state index contributed by atoms with van der Waals surface area (Å²) in [5.41, 5.74) is 2.26. The number of ether oxygens (including phenoxy) is 2. The predicted octanol–water partition coefficient (Wildman–Crippen LogP) is 2.49. The van der Waals surface area contributed by atoms with Crippen LogP contribution in [0.1, 0.15) is 21.7 Å². The number of hydrogen-bond donors (Lipinski definition) is 1. The first-order chi connectivity index (χ1) is 11.3. The first-order valence-corrected chi connectivity index (χ1v) is 7.52. The molecule has 0 unspecified atom stereocenters. The van der Waals surface area contributed by atoms with Gasteiger partial charge in [0.15, 0.2) is 6.61 Å². The number of aryl methyl sites for hydroxylation is 2. The average molecular weight is 352 g/mol. The van der Waals surface area contributed by atoms with Crippen molar-refractivity contribution < 1.29 is 19.1 Å². The molecule has 2 aromatic rings. The molecule has 0 radical (unpaired) electrons. The van der Waals surface area contributed by atoms with E-state index < -0.39 is 18.5 Å². The van der Waals surface area contributed by atoms with Gasteiger partial charge in [-0.3, -0.25) is 9.48 Å². The normalized spacial score (nSPS) is 10.4. The summed E-state index contributed by atoms with van der Waals surface area (Å²) in [6, 6.07) is 4.58. The minimum atomic E-state index is -0.691. The van der Waals surface area contributed by atoms with Gasteiger partial charge in [-0.1, -0.05) is 11.6 Å².